The molecule has 21 heavy (non-hydrogen) atoms. The van der Waals surface area contributed by atoms with Crippen LogP contribution in [-0.4, -0.2) is 25.6 Å². The van der Waals surface area contributed by atoms with Crippen molar-refractivity contribution < 1.29 is 9.72 Å². The van der Waals surface area contributed by atoms with Crippen LogP contribution in [0.5, 0.6) is 0 Å². The molecule has 1 saturated carbocycles. The average molecular weight is 289 g/mol. The fourth-order valence-electron chi connectivity index (χ4n) is 2.25. The molecule has 1 aliphatic rings. The molecule has 8 heteroatoms. The van der Waals surface area contributed by atoms with E-state index >= 15 is 0 Å². The number of carbonyl (C=O) groups is 1. The predicted molar refractivity (Wildman–Crippen MR) is 73.8 cm³/mol. The summed E-state index contributed by atoms with van der Waals surface area (Å²) in [6.07, 6.45) is 6.67. The van der Waals surface area contributed by atoms with Gasteiger partial charge in [-0.3, -0.25) is 20.0 Å². The molecule has 0 spiro atoms. The van der Waals surface area contributed by atoms with Crippen molar-refractivity contribution in [2.45, 2.75) is 31.8 Å². The van der Waals surface area contributed by atoms with Crippen LogP contribution >= 0.6 is 0 Å². The lowest BCUT2D eigenvalue weighted by molar-refractivity contribution is -0.384. The summed E-state index contributed by atoms with van der Waals surface area (Å²) < 4.78 is 1.70. The fraction of sp³-hybridized carbons (Fsp3) is 0.385. The normalized spacial score (nSPS) is 15.7. The van der Waals surface area contributed by atoms with Crippen LogP contribution in [0.15, 0.2) is 24.7 Å². The van der Waals surface area contributed by atoms with Crippen molar-refractivity contribution in [3.63, 3.8) is 0 Å². The predicted octanol–water partition coefficient (Wildman–Crippen LogP) is 1.95. The molecule has 2 aromatic heterocycles. The second-order valence-electron chi connectivity index (χ2n) is 5.21. The summed E-state index contributed by atoms with van der Waals surface area (Å²) in [7, 11) is 0. The van der Waals surface area contributed by atoms with E-state index in [0.717, 1.165) is 18.4 Å². The lowest BCUT2D eigenvalue weighted by Crippen LogP contribution is -2.28. The third-order valence-electron chi connectivity index (χ3n) is 3.58. The van der Waals surface area contributed by atoms with Gasteiger partial charge in [-0.05, 0) is 19.8 Å². The Balaban J connectivity index is 1.82. The molecule has 1 amide bonds. The number of rotatable bonds is 5. The van der Waals surface area contributed by atoms with Gasteiger partial charge in [-0.2, -0.15) is 5.10 Å². The molecule has 1 atom stereocenters. The Morgan fingerprint density at radius 3 is 2.95 bits per heavy atom. The number of nitrogens with one attached hydrogen (secondary N) is 2. The summed E-state index contributed by atoms with van der Waals surface area (Å²) in [4.78, 5) is 22.8. The lowest BCUT2D eigenvalue weighted by Gasteiger charge is -2.13. The number of H-pyrrole nitrogens is 1. The van der Waals surface area contributed by atoms with Gasteiger partial charge in [0.1, 0.15) is 5.69 Å². The van der Waals surface area contributed by atoms with Crippen LogP contribution < -0.4 is 5.32 Å². The Kier molecular flexibility index (Phi) is 3.20. The number of nitrogens with zero attached hydrogens (tertiary/aromatic N) is 3. The molecule has 0 saturated heterocycles. The van der Waals surface area contributed by atoms with Gasteiger partial charge in [0.05, 0.1) is 23.4 Å². The van der Waals surface area contributed by atoms with E-state index in [0.29, 0.717) is 5.69 Å². The molecule has 1 aliphatic carbocycles. The number of hydrogen-bond donors (Lipinski definition) is 2. The van der Waals surface area contributed by atoms with E-state index in [2.05, 4.69) is 15.5 Å². The number of amides is 1. The van der Waals surface area contributed by atoms with Crippen molar-refractivity contribution in [2.75, 3.05) is 0 Å². The molecule has 1 fully saturated rings. The maximum Gasteiger partial charge on any atom is 0.287 e. The molecule has 2 aromatic rings. The minimum Gasteiger partial charge on any atom is -0.344 e. The Morgan fingerprint density at radius 2 is 2.38 bits per heavy atom. The number of nitro groups is 1. The van der Waals surface area contributed by atoms with E-state index in [-0.39, 0.29) is 23.7 Å². The van der Waals surface area contributed by atoms with Gasteiger partial charge in [0.2, 0.25) is 0 Å². The van der Waals surface area contributed by atoms with Crippen molar-refractivity contribution in [3.05, 3.63) is 46.0 Å². The van der Waals surface area contributed by atoms with Crippen molar-refractivity contribution in [3.8, 4) is 0 Å². The SMILES string of the molecule is CC(NC(=O)c1cc([N+](=O)[O-])cn1C1CC1)c1cn[nH]c1. The molecular formula is C13H15N5O3. The first-order valence-corrected chi connectivity index (χ1v) is 6.72. The molecule has 2 heterocycles. The lowest BCUT2D eigenvalue weighted by atomic mass is 10.2. The highest BCUT2D eigenvalue weighted by molar-refractivity contribution is 5.94. The van der Waals surface area contributed by atoms with Crippen LogP contribution in [-0.2, 0) is 0 Å². The second kappa shape index (κ2) is 5.04. The van der Waals surface area contributed by atoms with Gasteiger partial charge in [0.25, 0.3) is 11.6 Å². The van der Waals surface area contributed by atoms with E-state index in [9.17, 15) is 14.9 Å². The Bertz CT molecular complexity index is 672. The van der Waals surface area contributed by atoms with Gasteiger partial charge in [-0.25, -0.2) is 0 Å². The topological polar surface area (TPSA) is 106 Å². The third kappa shape index (κ3) is 2.64. The highest BCUT2D eigenvalue weighted by Crippen LogP contribution is 2.37. The van der Waals surface area contributed by atoms with Crippen molar-refractivity contribution in [1.82, 2.24) is 20.1 Å². The number of aromatic amines is 1. The molecule has 110 valence electrons. The Hall–Kier alpha value is -2.64. The maximum atomic E-state index is 12.4. The number of carbonyl (C=O) groups excluding carboxylic acids is 1. The highest BCUT2D eigenvalue weighted by Gasteiger charge is 2.30. The van der Waals surface area contributed by atoms with Gasteiger partial charge < -0.3 is 9.88 Å². The molecule has 8 nitrogen and oxygen atoms in total. The molecular weight excluding hydrogens is 274 g/mol. The van der Waals surface area contributed by atoms with E-state index in [4.69, 9.17) is 0 Å². The zero-order valence-electron chi connectivity index (χ0n) is 11.4. The molecule has 0 aromatic carbocycles. The van der Waals surface area contributed by atoms with Gasteiger partial charge in [0.15, 0.2) is 0 Å². The van der Waals surface area contributed by atoms with Crippen LogP contribution in [0.2, 0.25) is 0 Å². The first kappa shape index (κ1) is 13.3. The van der Waals surface area contributed by atoms with Crippen molar-refractivity contribution in [1.29, 1.82) is 0 Å². The molecule has 0 radical (unpaired) electrons. The van der Waals surface area contributed by atoms with Crippen LogP contribution in [0.4, 0.5) is 5.69 Å². The minimum absolute atomic E-state index is 0.0528. The maximum absolute atomic E-state index is 12.4. The van der Waals surface area contributed by atoms with E-state index in [1.165, 1.54) is 12.3 Å². The smallest absolute Gasteiger partial charge is 0.287 e. The summed E-state index contributed by atoms with van der Waals surface area (Å²) in [6, 6.07) is 1.30. The van der Waals surface area contributed by atoms with Crippen LogP contribution in [0, 0.1) is 10.1 Å². The summed E-state index contributed by atoms with van der Waals surface area (Å²) in [6.45, 7) is 1.83. The monoisotopic (exact) mass is 289 g/mol. The summed E-state index contributed by atoms with van der Waals surface area (Å²) >= 11 is 0. The minimum atomic E-state index is -0.477. The van der Waals surface area contributed by atoms with Gasteiger partial charge >= 0.3 is 0 Å². The van der Waals surface area contributed by atoms with Gasteiger partial charge in [-0.15, -0.1) is 0 Å². The van der Waals surface area contributed by atoms with Gasteiger partial charge in [-0.1, -0.05) is 0 Å². The Morgan fingerprint density at radius 1 is 1.62 bits per heavy atom. The first-order chi connectivity index (χ1) is 10.1. The third-order valence-corrected chi connectivity index (χ3v) is 3.58. The van der Waals surface area contributed by atoms with Gasteiger partial charge in [0, 0.05) is 23.9 Å². The van der Waals surface area contributed by atoms with E-state index in [1.807, 2.05) is 6.92 Å². The molecule has 0 bridgehead atoms. The van der Waals surface area contributed by atoms with Crippen LogP contribution in [0.3, 0.4) is 0 Å². The van der Waals surface area contributed by atoms with Crippen LogP contribution in [0.25, 0.3) is 0 Å². The number of hydrogen-bond acceptors (Lipinski definition) is 4. The van der Waals surface area contributed by atoms with Crippen molar-refractivity contribution in [2.24, 2.45) is 0 Å². The van der Waals surface area contributed by atoms with E-state index < -0.39 is 4.92 Å². The fourth-order valence-corrected chi connectivity index (χ4v) is 2.25. The highest BCUT2D eigenvalue weighted by atomic mass is 16.6. The van der Waals surface area contributed by atoms with Crippen LogP contribution in [0.1, 0.15) is 47.9 Å². The largest absolute Gasteiger partial charge is 0.344 e. The quantitative estimate of drug-likeness (QED) is 0.648. The molecule has 3 rings (SSSR count). The standard InChI is InChI=1S/C13H15N5O3/c1-8(9-5-14-15-6-9)16-13(19)12-4-11(18(20)21)7-17(12)10-2-3-10/h4-8,10H,2-3H2,1H3,(H,14,15)(H,16,19). The summed E-state index contributed by atoms with van der Waals surface area (Å²) in [5.74, 6) is -0.316. The number of aromatic nitrogens is 3. The summed E-state index contributed by atoms with van der Waals surface area (Å²) in [5, 5.41) is 20.2. The zero-order chi connectivity index (χ0) is 15.0. The Labute approximate surface area is 120 Å². The first-order valence-electron chi connectivity index (χ1n) is 6.72. The summed E-state index contributed by atoms with van der Waals surface area (Å²) in [5.41, 5.74) is 1.13. The van der Waals surface area contributed by atoms with E-state index in [1.54, 1.807) is 17.0 Å². The molecule has 1 unspecified atom stereocenters. The molecule has 2 N–H and O–H groups in total. The second-order valence-corrected chi connectivity index (χ2v) is 5.21. The molecule has 0 aliphatic heterocycles. The van der Waals surface area contributed by atoms with Crippen molar-refractivity contribution >= 4 is 11.6 Å². The zero-order valence-corrected chi connectivity index (χ0v) is 11.4. The average Bonchev–Trinajstić information content (AvgIpc) is 2.98.